The molecule has 4 aliphatic carbocycles. The normalized spacial score (nSPS) is 21.8. The van der Waals surface area contributed by atoms with Crippen molar-refractivity contribution in [2.75, 3.05) is 12.4 Å². The van der Waals surface area contributed by atoms with Crippen LogP contribution >= 0.6 is 11.3 Å². The van der Waals surface area contributed by atoms with Gasteiger partial charge in [-0.1, -0.05) is 38.8 Å². The molecular weight excluding hydrogens is 765 g/mol. The van der Waals surface area contributed by atoms with Crippen molar-refractivity contribution in [3.05, 3.63) is 87.6 Å². The van der Waals surface area contributed by atoms with E-state index in [0.29, 0.717) is 23.1 Å². The number of ether oxygens (including phenoxy) is 2. The van der Waals surface area contributed by atoms with Crippen LogP contribution in [0.4, 0.5) is 10.5 Å². The molecule has 12 heteroatoms. The van der Waals surface area contributed by atoms with E-state index in [1.165, 1.54) is 43.8 Å². The van der Waals surface area contributed by atoms with Gasteiger partial charge < -0.3 is 30.5 Å². The topological polar surface area (TPSA) is 156 Å². The third-order valence-corrected chi connectivity index (χ3v) is 13.4. The molecule has 0 aliphatic heterocycles. The number of thiophene rings is 1. The lowest BCUT2D eigenvalue weighted by molar-refractivity contribution is -0.0795. The first-order valence-electron chi connectivity index (χ1n) is 20.8. The Bertz CT molecular complexity index is 2280. The number of alkyl carbamates (subject to hydrolysis) is 1. The molecule has 0 spiro atoms. The van der Waals surface area contributed by atoms with E-state index in [1.807, 2.05) is 24.4 Å². The summed E-state index contributed by atoms with van der Waals surface area (Å²) in [6, 6.07) is 13.8. The van der Waals surface area contributed by atoms with Gasteiger partial charge in [0.05, 0.1) is 7.11 Å². The zero-order chi connectivity index (χ0) is 42.3. The lowest BCUT2D eigenvalue weighted by atomic mass is 9.46. The van der Waals surface area contributed by atoms with Gasteiger partial charge in [-0.2, -0.15) is 0 Å². The molecule has 0 saturated heterocycles. The van der Waals surface area contributed by atoms with Gasteiger partial charge in [0.15, 0.2) is 5.69 Å². The third-order valence-electron chi connectivity index (χ3n) is 12.4. The van der Waals surface area contributed by atoms with Crippen LogP contribution in [0.15, 0.2) is 53.9 Å². The number of benzene rings is 2. The molecule has 4 N–H and O–H groups in total. The predicted octanol–water partition coefficient (Wildman–Crippen LogP) is 9.99. The summed E-state index contributed by atoms with van der Waals surface area (Å²) < 4.78 is 10.6. The Balaban J connectivity index is 1.23. The molecule has 8 rings (SSSR count). The van der Waals surface area contributed by atoms with E-state index >= 15 is 0 Å². The molecule has 4 saturated carbocycles. The first-order valence-corrected chi connectivity index (χ1v) is 21.7. The second-order valence-corrected chi connectivity index (χ2v) is 18.9. The molecule has 11 nitrogen and oxygen atoms in total. The van der Waals surface area contributed by atoms with Crippen molar-refractivity contribution in [1.29, 1.82) is 0 Å². The number of phenols is 1. The highest BCUT2D eigenvalue weighted by Crippen LogP contribution is 2.62. The monoisotopic (exact) mass is 820 g/mol. The smallest absolute Gasteiger partial charge is 0.407 e. The Hall–Kier alpha value is -5.23. The lowest BCUT2D eigenvalue weighted by Crippen LogP contribution is -2.63. The molecule has 4 fully saturated rings. The van der Waals surface area contributed by atoms with Gasteiger partial charge in [-0.3, -0.25) is 9.59 Å². The van der Waals surface area contributed by atoms with Crippen LogP contribution in [0.2, 0.25) is 0 Å². The minimum Gasteiger partial charge on any atom is -0.507 e. The molecule has 4 aromatic rings. The van der Waals surface area contributed by atoms with Gasteiger partial charge >= 0.3 is 12.1 Å². The largest absolute Gasteiger partial charge is 0.507 e. The first-order chi connectivity index (χ1) is 28.0. The summed E-state index contributed by atoms with van der Waals surface area (Å²) in [5, 5.41) is 22.8. The predicted molar refractivity (Wildman–Crippen MR) is 230 cm³/mol. The molecule has 312 valence electrons. The minimum absolute atomic E-state index is 0.0707. The van der Waals surface area contributed by atoms with Gasteiger partial charge in [0.2, 0.25) is 0 Å². The van der Waals surface area contributed by atoms with Crippen LogP contribution < -0.4 is 16.0 Å². The van der Waals surface area contributed by atoms with Crippen LogP contribution in [0.1, 0.15) is 134 Å². The Morgan fingerprint density at radius 2 is 1.68 bits per heavy atom. The number of anilines is 1. The standard InChI is InChI=1S/C47H56N4O7S/c1-8-10-31-15-16-59-40(31)35-19-34(41(53)50-36-13-11-28(17-27(36)3)25-48-44(56)58-45(4,5)6)33(20-38(35)52)32-12-14-37(49-39(32)43(55)57-7)42(54)51-47-23-29-18-30(24-47)22-46(9-2,21-29)26-47/h11-17,19-20,29-30,52H,8-10,18,21-26H2,1-7H3,(H,48,56)(H,50,53)(H,51,54). The molecule has 2 aromatic carbocycles. The van der Waals surface area contributed by atoms with E-state index < -0.39 is 23.6 Å². The number of aromatic hydroxyl groups is 1. The zero-order valence-corrected chi connectivity index (χ0v) is 36.0. The maximum absolute atomic E-state index is 14.5. The van der Waals surface area contributed by atoms with E-state index in [2.05, 4.69) is 34.8 Å². The number of aromatic nitrogens is 1. The van der Waals surface area contributed by atoms with E-state index in [0.717, 1.165) is 60.1 Å². The van der Waals surface area contributed by atoms with Crippen LogP contribution in [0, 0.1) is 24.2 Å². The van der Waals surface area contributed by atoms with Crippen molar-refractivity contribution < 1.29 is 33.8 Å². The second kappa shape index (κ2) is 16.4. The van der Waals surface area contributed by atoms with Crippen LogP contribution in [0.5, 0.6) is 5.75 Å². The number of pyridine rings is 1. The summed E-state index contributed by atoms with van der Waals surface area (Å²) >= 11 is 1.48. The minimum atomic E-state index is -0.778. The summed E-state index contributed by atoms with van der Waals surface area (Å²) in [6.45, 7) is 11.8. The lowest BCUT2D eigenvalue weighted by Gasteiger charge is -2.62. The average Bonchev–Trinajstić information content (AvgIpc) is 3.64. The maximum Gasteiger partial charge on any atom is 0.407 e. The maximum atomic E-state index is 14.5. The number of carbonyl (C=O) groups is 4. The second-order valence-electron chi connectivity index (χ2n) is 18.0. The fourth-order valence-electron chi connectivity index (χ4n) is 10.2. The highest BCUT2D eigenvalue weighted by atomic mass is 32.1. The fourth-order valence-corrected chi connectivity index (χ4v) is 11.2. The van der Waals surface area contributed by atoms with Crippen molar-refractivity contribution in [3.8, 4) is 27.3 Å². The number of methoxy groups -OCH3 is 1. The highest BCUT2D eigenvalue weighted by molar-refractivity contribution is 7.13. The van der Waals surface area contributed by atoms with Gasteiger partial charge in [-0.15, -0.1) is 11.3 Å². The third kappa shape index (κ3) is 8.88. The molecule has 2 unspecified atom stereocenters. The molecule has 3 amide bonds. The number of hydrogen-bond acceptors (Lipinski definition) is 9. The van der Waals surface area contributed by atoms with E-state index in [4.69, 9.17) is 9.47 Å². The molecule has 2 heterocycles. The Morgan fingerprint density at radius 1 is 0.932 bits per heavy atom. The van der Waals surface area contributed by atoms with E-state index in [1.54, 1.807) is 51.1 Å². The van der Waals surface area contributed by atoms with Crippen LogP contribution in [0.3, 0.4) is 0 Å². The first kappa shape index (κ1) is 41.9. The highest BCUT2D eigenvalue weighted by Gasteiger charge is 2.57. The number of nitrogens with zero attached hydrogens (tertiary/aromatic N) is 1. The average molecular weight is 821 g/mol. The number of aryl methyl sites for hydroxylation is 2. The quantitative estimate of drug-likeness (QED) is 0.103. The van der Waals surface area contributed by atoms with Crippen molar-refractivity contribution in [1.82, 2.24) is 15.6 Å². The van der Waals surface area contributed by atoms with Crippen LogP contribution in [0.25, 0.3) is 21.6 Å². The molecule has 59 heavy (non-hydrogen) atoms. The molecule has 2 aromatic heterocycles. The van der Waals surface area contributed by atoms with Crippen LogP contribution in [-0.4, -0.2) is 52.2 Å². The van der Waals surface area contributed by atoms with Gasteiger partial charge in [0.1, 0.15) is 17.0 Å². The Labute approximate surface area is 350 Å². The molecule has 0 radical (unpaired) electrons. The van der Waals surface area contributed by atoms with Gasteiger partial charge in [-0.25, -0.2) is 14.6 Å². The number of carbonyl (C=O) groups excluding carboxylic acids is 4. The van der Waals surface area contributed by atoms with Gasteiger partial charge in [0, 0.05) is 44.9 Å². The summed E-state index contributed by atoms with van der Waals surface area (Å²) in [7, 11) is 1.25. The molecule has 4 aliphatic rings. The number of rotatable bonds is 12. The van der Waals surface area contributed by atoms with Crippen molar-refractivity contribution in [2.45, 2.75) is 117 Å². The Morgan fingerprint density at radius 3 is 2.34 bits per heavy atom. The fraction of sp³-hybridized carbons (Fsp3) is 0.468. The zero-order valence-electron chi connectivity index (χ0n) is 35.2. The van der Waals surface area contributed by atoms with Gasteiger partial charge in [-0.05, 0) is 148 Å². The van der Waals surface area contributed by atoms with Crippen molar-refractivity contribution in [3.63, 3.8) is 0 Å². The number of amides is 3. The van der Waals surface area contributed by atoms with Gasteiger partial charge in [0.25, 0.3) is 11.8 Å². The number of esters is 1. The van der Waals surface area contributed by atoms with Crippen molar-refractivity contribution in [2.24, 2.45) is 17.3 Å². The summed E-state index contributed by atoms with van der Waals surface area (Å²) in [5.41, 5.74) is 3.59. The number of phenolic OH excluding ortho intramolecular Hbond substituents is 1. The van der Waals surface area contributed by atoms with E-state index in [9.17, 15) is 24.3 Å². The SMILES string of the molecule is CCCc1ccsc1-c1cc(C(=O)Nc2ccc(CNC(=O)OC(C)(C)C)cc2C)c(-c2ccc(C(=O)NC34CC5CC(CC(CC)(C5)C3)C4)nc2C(=O)OC)cc1O. The molecule has 2 atom stereocenters. The summed E-state index contributed by atoms with van der Waals surface area (Å²) in [5.74, 6) is -0.465. The summed E-state index contributed by atoms with van der Waals surface area (Å²) in [6.07, 6.45) is 8.80. The molecular formula is C47H56N4O7S. The van der Waals surface area contributed by atoms with E-state index in [-0.39, 0.29) is 57.2 Å². The molecule has 4 bridgehead atoms. The summed E-state index contributed by atoms with van der Waals surface area (Å²) in [4.78, 5) is 59.8. The number of nitrogens with one attached hydrogen (secondary N) is 3. The Kier molecular flexibility index (Phi) is 11.7. The van der Waals surface area contributed by atoms with Crippen LogP contribution in [-0.2, 0) is 22.4 Å². The number of hydrogen-bond donors (Lipinski definition) is 4. The van der Waals surface area contributed by atoms with Crippen molar-refractivity contribution >= 4 is 40.9 Å².